The van der Waals surface area contributed by atoms with Gasteiger partial charge < -0.3 is 10.0 Å². The second kappa shape index (κ2) is 6.99. The van der Waals surface area contributed by atoms with E-state index in [1.807, 2.05) is 18.2 Å². The van der Waals surface area contributed by atoms with Crippen LogP contribution in [0.2, 0.25) is 5.02 Å². The van der Waals surface area contributed by atoms with E-state index in [0.29, 0.717) is 36.7 Å². The molecule has 6 heteroatoms. The molecule has 1 aliphatic heterocycles. The SMILES string of the molecule is O=C(O)C1CCN(C(=O)CSc2cccc(Cl)c2)CC1. The molecule has 1 saturated heterocycles. The van der Waals surface area contributed by atoms with Gasteiger partial charge in [0, 0.05) is 23.0 Å². The molecular weight excluding hydrogens is 298 g/mol. The van der Waals surface area contributed by atoms with Gasteiger partial charge in [-0.25, -0.2) is 0 Å². The fourth-order valence-electron chi connectivity index (χ4n) is 2.17. The van der Waals surface area contributed by atoms with Crippen LogP contribution >= 0.6 is 23.4 Å². The van der Waals surface area contributed by atoms with E-state index in [2.05, 4.69) is 0 Å². The molecule has 1 aromatic carbocycles. The van der Waals surface area contributed by atoms with Crippen molar-refractivity contribution in [1.29, 1.82) is 0 Å². The lowest BCUT2D eigenvalue weighted by atomic mass is 9.97. The highest BCUT2D eigenvalue weighted by Gasteiger charge is 2.26. The normalized spacial score (nSPS) is 16.1. The van der Waals surface area contributed by atoms with E-state index in [0.717, 1.165) is 4.90 Å². The smallest absolute Gasteiger partial charge is 0.306 e. The van der Waals surface area contributed by atoms with Crippen molar-refractivity contribution in [3.63, 3.8) is 0 Å². The first-order valence-electron chi connectivity index (χ1n) is 6.45. The number of likely N-dealkylation sites (tertiary alicyclic amines) is 1. The van der Waals surface area contributed by atoms with Gasteiger partial charge in [-0.1, -0.05) is 17.7 Å². The number of carboxylic acids is 1. The molecule has 1 aliphatic rings. The molecule has 0 aliphatic carbocycles. The largest absolute Gasteiger partial charge is 0.481 e. The summed E-state index contributed by atoms with van der Waals surface area (Å²) in [4.78, 5) is 25.6. The van der Waals surface area contributed by atoms with Crippen molar-refractivity contribution in [3.05, 3.63) is 29.3 Å². The molecule has 1 heterocycles. The summed E-state index contributed by atoms with van der Waals surface area (Å²) >= 11 is 7.34. The van der Waals surface area contributed by atoms with E-state index in [1.165, 1.54) is 11.8 Å². The fourth-order valence-corrected chi connectivity index (χ4v) is 3.28. The maximum atomic E-state index is 12.1. The Bertz CT molecular complexity index is 501. The van der Waals surface area contributed by atoms with Crippen molar-refractivity contribution >= 4 is 35.2 Å². The van der Waals surface area contributed by atoms with E-state index in [9.17, 15) is 9.59 Å². The highest BCUT2D eigenvalue weighted by Crippen LogP contribution is 2.23. The van der Waals surface area contributed by atoms with Crippen LogP contribution < -0.4 is 0 Å². The van der Waals surface area contributed by atoms with Crippen LogP contribution in [0.1, 0.15) is 12.8 Å². The predicted octanol–water partition coefficient (Wildman–Crippen LogP) is 2.76. The summed E-state index contributed by atoms with van der Waals surface area (Å²) in [5, 5.41) is 9.58. The minimum Gasteiger partial charge on any atom is -0.481 e. The third kappa shape index (κ3) is 4.15. The number of amides is 1. The molecule has 20 heavy (non-hydrogen) atoms. The van der Waals surface area contributed by atoms with Gasteiger partial charge in [0.2, 0.25) is 5.91 Å². The molecular formula is C14H16ClNO3S. The Hall–Kier alpha value is -1.20. The lowest BCUT2D eigenvalue weighted by Gasteiger charge is -2.30. The molecule has 0 aromatic heterocycles. The first-order valence-corrected chi connectivity index (χ1v) is 7.81. The third-order valence-electron chi connectivity index (χ3n) is 3.36. The van der Waals surface area contributed by atoms with Crippen LogP contribution in [0.4, 0.5) is 0 Å². The molecule has 1 aromatic rings. The van der Waals surface area contributed by atoms with Crippen molar-refractivity contribution in [3.8, 4) is 0 Å². The summed E-state index contributed by atoms with van der Waals surface area (Å²) in [5.74, 6) is -0.651. The van der Waals surface area contributed by atoms with Crippen LogP contribution in [0.5, 0.6) is 0 Å². The van der Waals surface area contributed by atoms with Gasteiger partial charge in [0.25, 0.3) is 0 Å². The van der Waals surface area contributed by atoms with Gasteiger partial charge in [-0.15, -0.1) is 11.8 Å². The molecule has 1 amide bonds. The molecule has 1 N–H and O–H groups in total. The standard InChI is InChI=1S/C14H16ClNO3S/c15-11-2-1-3-12(8-11)20-9-13(17)16-6-4-10(5-7-16)14(18)19/h1-3,8,10H,4-7,9H2,(H,18,19). The summed E-state index contributed by atoms with van der Waals surface area (Å²) < 4.78 is 0. The van der Waals surface area contributed by atoms with Gasteiger partial charge in [0.1, 0.15) is 0 Å². The lowest BCUT2D eigenvalue weighted by molar-refractivity contribution is -0.145. The number of carbonyl (C=O) groups is 2. The molecule has 0 saturated carbocycles. The third-order valence-corrected chi connectivity index (χ3v) is 4.57. The number of aliphatic carboxylic acids is 1. The van der Waals surface area contributed by atoms with Gasteiger partial charge in [-0.3, -0.25) is 9.59 Å². The van der Waals surface area contributed by atoms with Crippen molar-refractivity contribution in [1.82, 2.24) is 4.90 Å². The van der Waals surface area contributed by atoms with E-state index in [1.54, 1.807) is 11.0 Å². The minimum absolute atomic E-state index is 0.0545. The fraction of sp³-hybridized carbons (Fsp3) is 0.429. The Balaban J connectivity index is 1.80. The summed E-state index contributed by atoms with van der Waals surface area (Å²) in [5.41, 5.74) is 0. The van der Waals surface area contributed by atoms with Crippen LogP contribution in [-0.2, 0) is 9.59 Å². The van der Waals surface area contributed by atoms with E-state index >= 15 is 0 Å². The van der Waals surface area contributed by atoms with Gasteiger partial charge in [-0.05, 0) is 31.0 Å². The number of benzene rings is 1. The average molecular weight is 314 g/mol. The summed E-state index contributed by atoms with van der Waals surface area (Å²) in [7, 11) is 0. The monoisotopic (exact) mass is 313 g/mol. The van der Waals surface area contributed by atoms with Crippen LogP contribution in [0.3, 0.4) is 0 Å². The van der Waals surface area contributed by atoms with Gasteiger partial charge in [0.15, 0.2) is 0 Å². The molecule has 0 atom stereocenters. The first kappa shape index (κ1) is 15.2. The molecule has 4 nitrogen and oxygen atoms in total. The van der Waals surface area contributed by atoms with Gasteiger partial charge in [-0.2, -0.15) is 0 Å². The summed E-state index contributed by atoms with van der Waals surface area (Å²) in [6.45, 7) is 1.07. The van der Waals surface area contributed by atoms with Crippen LogP contribution in [-0.4, -0.2) is 40.7 Å². The number of hydrogen-bond donors (Lipinski definition) is 1. The maximum Gasteiger partial charge on any atom is 0.306 e. The second-order valence-corrected chi connectivity index (χ2v) is 6.22. The van der Waals surface area contributed by atoms with E-state index < -0.39 is 5.97 Å². The Morgan fingerprint density at radius 2 is 2.05 bits per heavy atom. The summed E-state index contributed by atoms with van der Waals surface area (Å²) in [6, 6.07) is 7.40. The number of nitrogens with zero attached hydrogens (tertiary/aromatic N) is 1. The molecule has 0 spiro atoms. The number of halogens is 1. The number of thioether (sulfide) groups is 1. The maximum absolute atomic E-state index is 12.1. The second-order valence-electron chi connectivity index (χ2n) is 4.74. The highest BCUT2D eigenvalue weighted by atomic mass is 35.5. The number of piperidine rings is 1. The highest BCUT2D eigenvalue weighted by molar-refractivity contribution is 8.00. The Morgan fingerprint density at radius 3 is 2.65 bits per heavy atom. The predicted molar refractivity (Wildman–Crippen MR) is 79.1 cm³/mol. The molecule has 2 rings (SSSR count). The Labute approximate surface area is 127 Å². The van der Waals surface area contributed by atoms with E-state index in [4.69, 9.17) is 16.7 Å². The Kier molecular flexibility index (Phi) is 5.31. The van der Waals surface area contributed by atoms with Crippen molar-refractivity contribution in [2.24, 2.45) is 5.92 Å². The number of rotatable bonds is 4. The first-order chi connectivity index (χ1) is 9.56. The van der Waals surface area contributed by atoms with Crippen LogP contribution in [0.25, 0.3) is 0 Å². The Morgan fingerprint density at radius 1 is 1.35 bits per heavy atom. The van der Waals surface area contributed by atoms with Crippen molar-refractivity contribution < 1.29 is 14.7 Å². The zero-order chi connectivity index (χ0) is 14.5. The zero-order valence-electron chi connectivity index (χ0n) is 10.9. The molecule has 108 valence electrons. The lowest BCUT2D eigenvalue weighted by Crippen LogP contribution is -2.41. The minimum atomic E-state index is -0.759. The molecule has 1 fully saturated rings. The summed E-state index contributed by atoms with van der Waals surface area (Å²) in [6.07, 6.45) is 1.09. The average Bonchev–Trinajstić information content (AvgIpc) is 2.45. The molecule has 0 unspecified atom stereocenters. The van der Waals surface area contributed by atoms with Crippen LogP contribution in [0, 0.1) is 5.92 Å². The number of hydrogen-bond acceptors (Lipinski definition) is 3. The van der Waals surface area contributed by atoms with Crippen LogP contribution in [0.15, 0.2) is 29.2 Å². The van der Waals surface area contributed by atoms with Gasteiger partial charge >= 0.3 is 5.97 Å². The van der Waals surface area contributed by atoms with E-state index in [-0.39, 0.29) is 11.8 Å². The quantitative estimate of drug-likeness (QED) is 0.868. The van der Waals surface area contributed by atoms with Gasteiger partial charge in [0.05, 0.1) is 11.7 Å². The number of carbonyl (C=O) groups excluding carboxylic acids is 1. The van der Waals surface area contributed by atoms with Crippen molar-refractivity contribution in [2.45, 2.75) is 17.7 Å². The number of carboxylic acid groups (broad SMARTS) is 1. The topological polar surface area (TPSA) is 57.6 Å². The van der Waals surface area contributed by atoms with Crippen molar-refractivity contribution in [2.75, 3.05) is 18.8 Å². The molecule has 0 bridgehead atoms. The zero-order valence-corrected chi connectivity index (χ0v) is 12.5. The molecule has 0 radical (unpaired) electrons.